The van der Waals surface area contributed by atoms with Crippen LogP contribution in [0.1, 0.15) is 29.3 Å². The van der Waals surface area contributed by atoms with Crippen molar-refractivity contribution in [3.05, 3.63) is 40.1 Å². The fourth-order valence-electron chi connectivity index (χ4n) is 4.08. The van der Waals surface area contributed by atoms with Gasteiger partial charge in [-0.3, -0.25) is 9.69 Å². The summed E-state index contributed by atoms with van der Waals surface area (Å²) in [6.45, 7) is 1.16. The van der Waals surface area contributed by atoms with Crippen LogP contribution in [-0.2, 0) is 21.2 Å². The number of ether oxygens (including phenoxy) is 1. The molecule has 30 heavy (non-hydrogen) atoms. The number of nitrogens with zero attached hydrogens (tertiary/aromatic N) is 2. The van der Waals surface area contributed by atoms with Crippen LogP contribution in [0.3, 0.4) is 0 Å². The molecule has 2 aromatic rings. The van der Waals surface area contributed by atoms with Crippen LogP contribution >= 0.6 is 11.3 Å². The number of carbonyl (C=O) groups is 1. The Morgan fingerprint density at radius 1 is 1.30 bits per heavy atom. The van der Waals surface area contributed by atoms with E-state index in [0.717, 1.165) is 17.3 Å². The standard InChI is InChI=1S/C21H27N3O4S2/c1-23(2)30(26,27)19-12-15(6-7-17(19)28-3)22-20(25)13-24-10-8-18-16(9-11-29-18)21(24)14-4-5-14/h6-7,9,11-12,14,21H,4-5,8,10,13H2,1-3H3,(H,22,25)/t21-/m0/s1. The fraction of sp³-hybridized carbons (Fsp3) is 0.476. The van der Waals surface area contributed by atoms with Gasteiger partial charge in [-0.15, -0.1) is 11.3 Å². The SMILES string of the molecule is COc1ccc(NC(=O)CN2CCc3sccc3[C@@H]2C2CC2)cc1S(=O)(=O)N(C)C. The Hall–Kier alpha value is -1.94. The highest BCUT2D eigenvalue weighted by atomic mass is 32.2. The molecule has 1 aromatic carbocycles. The van der Waals surface area contributed by atoms with Crippen LogP contribution in [0.4, 0.5) is 5.69 Å². The maximum absolute atomic E-state index is 12.8. The van der Waals surface area contributed by atoms with Gasteiger partial charge in [-0.05, 0) is 60.4 Å². The van der Waals surface area contributed by atoms with Crippen LogP contribution < -0.4 is 10.1 Å². The van der Waals surface area contributed by atoms with E-state index in [-0.39, 0.29) is 23.1 Å². The number of amides is 1. The summed E-state index contributed by atoms with van der Waals surface area (Å²) in [7, 11) is 0.661. The lowest BCUT2D eigenvalue weighted by molar-refractivity contribution is -0.118. The molecule has 2 aliphatic rings. The number of hydrogen-bond donors (Lipinski definition) is 1. The van der Waals surface area contributed by atoms with Crippen LogP contribution in [0.25, 0.3) is 0 Å². The van der Waals surface area contributed by atoms with Crippen molar-refractivity contribution in [2.45, 2.75) is 30.2 Å². The van der Waals surface area contributed by atoms with Gasteiger partial charge in [0.15, 0.2) is 0 Å². The highest BCUT2D eigenvalue weighted by Crippen LogP contribution is 2.48. The minimum atomic E-state index is -3.70. The molecule has 1 amide bonds. The highest BCUT2D eigenvalue weighted by molar-refractivity contribution is 7.89. The maximum Gasteiger partial charge on any atom is 0.246 e. The van der Waals surface area contributed by atoms with E-state index in [2.05, 4.69) is 21.7 Å². The van der Waals surface area contributed by atoms with Gasteiger partial charge >= 0.3 is 0 Å². The molecule has 1 aromatic heterocycles. The zero-order chi connectivity index (χ0) is 21.5. The quantitative estimate of drug-likeness (QED) is 0.703. The first-order valence-corrected chi connectivity index (χ1v) is 12.3. The number of anilines is 1. The molecule has 0 spiro atoms. The maximum atomic E-state index is 12.8. The van der Waals surface area contributed by atoms with Gasteiger partial charge in [-0.2, -0.15) is 0 Å². The minimum absolute atomic E-state index is 0.0320. The summed E-state index contributed by atoms with van der Waals surface area (Å²) >= 11 is 1.81. The van der Waals surface area contributed by atoms with E-state index in [1.54, 1.807) is 12.1 Å². The smallest absolute Gasteiger partial charge is 0.246 e. The molecule has 1 N–H and O–H groups in total. The number of nitrogens with one attached hydrogen (secondary N) is 1. The predicted molar refractivity (Wildman–Crippen MR) is 118 cm³/mol. The Kier molecular flexibility index (Phi) is 5.89. The summed E-state index contributed by atoms with van der Waals surface area (Å²) in [5, 5.41) is 5.02. The molecule has 0 saturated heterocycles. The second-order valence-corrected chi connectivity index (χ2v) is 11.1. The van der Waals surface area contributed by atoms with Crippen LogP contribution in [0.5, 0.6) is 5.75 Å². The van der Waals surface area contributed by atoms with Gasteiger partial charge in [0.2, 0.25) is 15.9 Å². The normalized spacial score (nSPS) is 19.5. The number of rotatable bonds is 7. The number of benzene rings is 1. The Labute approximate surface area is 181 Å². The summed E-state index contributed by atoms with van der Waals surface area (Å²) in [4.78, 5) is 16.6. The molecule has 162 valence electrons. The number of sulfonamides is 1. The molecular formula is C21H27N3O4S2. The molecule has 4 rings (SSSR count). The molecule has 9 heteroatoms. The molecule has 0 unspecified atom stereocenters. The summed E-state index contributed by atoms with van der Waals surface area (Å²) in [6.07, 6.45) is 3.39. The van der Waals surface area contributed by atoms with Gasteiger partial charge in [0.1, 0.15) is 10.6 Å². The largest absolute Gasteiger partial charge is 0.495 e. The van der Waals surface area contributed by atoms with Gasteiger partial charge in [-0.1, -0.05) is 0 Å². The van der Waals surface area contributed by atoms with E-state index in [0.29, 0.717) is 17.6 Å². The molecule has 7 nitrogen and oxygen atoms in total. The molecule has 0 bridgehead atoms. The van der Waals surface area contributed by atoms with E-state index in [9.17, 15) is 13.2 Å². The van der Waals surface area contributed by atoms with E-state index in [1.807, 2.05) is 11.3 Å². The van der Waals surface area contributed by atoms with Crippen molar-refractivity contribution < 1.29 is 17.9 Å². The van der Waals surface area contributed by atoms with Crippen molar-refractivity contribution in [1.82, 2.24) is 9.21 Å². The average molecular weight is 450 g/mol. The third-order valence-electron chi connectivity index (χ3n) is 5.74. The first-order valence-electron chi connectivity index (χ1n) is 10.0. The van der Waals surface area contributed by atoms with Gasteiger partial charge in [0.05, 0.1) is 13.7 Å². The fourth-order valence-corrected chi connectivity index (χ4v) is 6.07. The van der Waals surface area contributed by atoms with Crippen molar-refractivity contribution in [3.8, 4) is 5.75 Å². The van der Waals surface area contributed by atoms with Gasteiger partial charge in [0, 0.05) is 37.2 Å². The van der Waals surface area contributed by atoms with Gasteiger partial charge < -0.3 is 10.1 Å². The average Bonchev–Trinajstić information content (AvgIpc) is 3.43. The van der Waals surface area contributed by atoms with Crippen molar-refractivity contribution in [2.75, 3.05) is 39.6 Å². The van der Waals surface area contributed by atoms with Crippen LogP contribution in [0.2, 0.25) is 0 Å². The van der Waals surface area contributed by atoms with Crippen LogP contribution in [-0.4, -0.2) is 57.8 Å². The lowest BCUT2D eigenvalue weighted by atomic mass is 9.96. The molecule has 1 aliphatic carbocycles. The second kappa shape index (κ2) is 8.30. The monoisotopic (exact) mass is 449 g/mol. The van der Waals surface area contributed by atoms with Crippen molar-refractivity contribution in [3.63, 3.8) is 0 Å². The third-order valence-corrected chi connectivity index (χ3v) is 8.57. The van der Waals surface area contributed by atoms with Crippen LogP contribution in [0.15, 0.2) is 34.5 Å². The minimum Gasteiger partial charge on any atom is -0.495 e. The molecule has 1 saturated carbocycles. The number of methoxy groups -OCH3 is 1. The Bertz CT molecular complexity index is 1040. The van der Waals surface area contributed by atoms with E-state index < -0.39 is 10.0 Å². The van der Waals surface area contributed by atoms with E-state index in [4.69, 9.17) is 4.74 Å². The van der Waals surface area contributed by atoms with E-state index in [1.165, 1.54) is 50.6 Å². The topological polar surface area (TPSA) is 79.0 Å². The Morgan fingerprint density at radius 3 is 2.73 bits per heavy atom. The van der Waals surface area contributed by atoms with E-state index >= 15 is 0 Å². The first kappa shape index (κ1) is 21.3. The van der Waals surface area contributed by atoms with Crippen molar-refractivity contribution in [2.24, 2.45) is 5.92 Å². The molecule has 0 radical (unpaired) electrons. The number of hydrogen-bond acceptors (Lipinski definition) is 6. The first-order chi connectivity index (χ1) is 14.3. The number of thiophene rings is 1. The molecule has 1 atom stereocenters. The summed E-state index contributed by atoms with van der Waals surface area (Å²) in [6, 6.07) is 7.20. The number of carbonyl (C=O) groups excluding carboxylic acids is 1. The summed E-state index contributed by atoms with van der Waals surface area (Å²) in [5.41, 5.74) is 1.82. The highest BCUT2D eigenvalue weighted by Gasteiger charge is 2.40. The lowest BCUT2D eigenvalue weighted by Crippen LogP contribution is -2.41. The van der Waals surface area contributed by atoms with Crippen LogP contribution in [0, 0.1) is 5.92 Å². The predicted octanol–water partition coefficient (Wildman–Crippen LogP) is 2.95. The van der Waals surface area contributed by atoms with Gasteiger partial charge in [-0.25, -0.2) is 12.7 Å². The number of fused-ring (bicyclic) bond motifs is 1. The molecule has 1 fully saturated rings. The second-order valence-electron chi connectivity index (χ2n) is 8.00. The third kappa shape index (κ3) is 4.12. The zero-order valence-electron chi connectivity index (χ0n) is 17.4. The molecular weight excluding hydrogens is 422 g/mol. The van der Waals surface area contributed by atoms with Crippen molar-refractivity contribution in [1.29, 1.82) is 0 Å². The molecule has 1 aliphatic heterocycles. The Morgan fingerprint density at radius 2 is 2.07 bits per heavy atom. The zero-order valence-corrected chi connectivity index (χ0v) is 19.1. The Balaban J connectivity index is 1.51. The summed E-state index contributed by atoms with van der Waals surface area (Å²) < 4.78 is 31.6. The van der Waals surface area contributed by atoms with Crippen molar-refractivity contribution >= 4 is 33.0 Å². The van der Waals surface area contributed by atoms with Gasteiger partial charge in [0.25, 0.3) is 0 Å². The lowest BCUT2D eigenvalue weighted by Gasteiger charge is -2.35. The molecule has 2 heterocycles. The summed E-state index contributed by atoms with van der Waals surface area (Å²) in [5.74, 6) is 0.735.